The van der Waals surface area contributed by atoms with Gasteiger partial charge in [0.2, 0.25) is 0 Å². The number of hydrogen-bond acceptors (Lipinski definition) is 2. The van der Waals surface area contributed by atoms with Gasteiger partial charge >= 0.3 is 0 Å². The van der Waals surface area contributed by atoms with E-state index in [1.807, 2.05) is 0 Å². The van der Waals surface area contributed by atoms with Crippen LogP contribution in [-0.4, -0.2) is 24.8 Å². The van der Waals surface area contributed by atoms with Gasteiger partial charge < -0.3 is 10.1 Å². The van der Waals surface area contributed by atoms with Crippen molar-refractivity contribution in [1.82, 2.24) is 5.32 Å². The van der Waals surface area contributed by atoms with Crippen molar-refractivity contribution < 1.29 is 4.74 Å². The molecule has 2 heteroatoms. The first kappa shape index (κ1) is 15.5. The average molecular weight is 275 g/mol. The molecule has 0 spiro atoms. The number of nitrogens with one attached hydrogen (secondary N) is 1. The highest BCUT2D eigenvalue weighted by Crippen LogP contribution is 2.51. The van der Waals surface area contributed by atoms with E-state index in [0.717, 1.165) is 13.2 Å². The Morgan fingerprint density at radius 2 is 1.95 bits per heavy atom. The van der Waals surface area contributed by atoms with Crippen molar-refractivity contribution in [1.29, 1.82) is 0 Å². The molecule has 0 aromatic heterocycles. The minimum atomic E-state index is -0.0991. The van der Waals surface area contributed by atoms with Crippen molar-refractivity contribution >= 4 is 0 Å². The molecular weight excluding hydrogens is 246 g/mol. The number of hydrogen-bond donors (Lipinski definition) is 1. The van der Waals surface area contributed by atoms with Gasteiger partial charge in [0, 0.05) is 12.6 Å². The molecule has 0 bridgehead atoms. The fraction of sp³-hybridized carbons (Fsp3) is 0.667. The van der Waals surface area contributed by atoms with Crippen LogP contribution < -0.4 is 5.32 Å². The maximum atomic E-state index is 6.01. The molecule has 112 valence electrons. The zero-order valence-corrected chi connectivity index (χ0v) is 13.4. The minimum Gasteiger partial charge on any atom is -0.374 e. The Bertz CT molecular complexity index is 401. The Balaban J connectivity index is 2.05. The summed E-state index contributed by atoms with van der Waals surface area (Å²) in [5, 5.41) is 3.73. The molecular formula is C18H29NO. The van der Waals surface area contributed by atoms with Crippen molar-refractivity contribution in [3.8, 4) is 0 Å². The van der Waals surface area contributed by atoms with Crippen LogP contribution in [0.3, 0.4) is 0 Å². The summed E-state index contributed by atoms with van der Waals surface area (Å²) >= 11 is 0. The number of rotatable bonds is 8. The summed E-state index contributed by atoms with van der Waals surface area (Å²) in [7, 11) is 0. The Morgan fingerprint density at radius 3 is 2.55 bits per heavy atom. The van der Waals surface area contributed by atoms with Crippen molar-refractivity contribution in [2.75, 3.05) is 13.2 Å². The Labute approximate surface area is 123 Å². The molecule has 1 aliphatic rings. The molecule has 1 aliphatic carbocycles. The van der Waals surface area contributed by atoms with Gasteiger partial charge in [0.25, 0.3) is 0 Å². The predicted octanol–water partition coefficient (Wildman–Crippen LogP) is 3.97. The summed E-state index contributed by atoms with van der Waals surface area (Å²) in [6.07, 6.45) is 2.45. The van der Waals surface area contributed by atoms with Crippen molar-refractivity contribution in [2.24, 2.45) is 5.92 Å². The van der Waals surface area contributed by atoms with Crippen LogP contribution in [-0.2, 0) is 4.74 Å². The summed E-state index contributed by atoms with van der Waals surface area (Å²) in [6.45, 7) is 10.6. The third-order valence-electron chi connectivity index (χ3n) is 4.38. The zero-order valence-electron chi connectivity index (χ0n) is 13.4. The lowest BCUT2D eigenvalue weighted by atomic mass is 9.91. The Kier molecular flexibility index (Phi) is 5.22. The van der Waals surface area contributed by atoms with E-state index in [0.29, 0.717) is 17.9 Å². The standard InChI is InChI=1S/C18H29NO/c1-5-12-19-17(18(3,4)20-6-2)16-13-15(16)14-10-8-7-9-11-14/h7-11,15-17,19H,5-6,12-13H2,1-4H3. The lowest BCUT2D eigenvalue weighted by Crippen LogP contribution is -2.50. The second-order valence-corrected chi connectivity index (χ2v) is 6.38. The fourth-order valence-corrected chi connectivity index (χ4v) is 3.34. The maximum Gasteiger partial charge on any atom is 0.0781 e. The maximum absolute atomic E-state index is 6.01. The summed E-state index contributed by atoms with van der Waals surface area (Å²) in [5.41, 5.74) is 1.38. The van der Waals surface area contributed by atoms with Crippen LogP contribution in [0.25, 0.3) is 0 Å². The Morgan fingerprint density at radius 1 is 1.25 bits per heavy atom. The third kappa shape index (κ3) is 3.62. The van der Waals surface area contributed by atoms with Crippen molar-refractivity contribution in [2.45, 2.75) is 58.1 Å². The van der Waals surface area contributed by atoms with Crippen LogP contribution in [0.15, 0.2) is 30.3 Å². The highest BCUT2D eigenvalue weighted by molar-refractivity contribution is 5.27. The van der Waals surface area contributed by atoms with Gasteiger partial charge in [-0.25, -0.2) is 0 Å². The second-order valence-electron chi connectivity index (χ2n) is 6.38. The zero-order chi connectivity index (χ0) is 14.6. The van der Waals surface area contributed by atoms with Crippen molar-refractivity contribution in [3.63, 3.8) is 0 Å². The van der Waals surface area contributed by atoms with Gasteiger partial charge in [0.1, 0.15) is 0 Å². The molecule has 3 unspecified atom stereocenters. The summed E-state index contributed by atoms with van der Waals surface area (Å²) in [5.74, 6) is 1.40. The van der Waals surface area contributed by atoms with Crippen LogP contribution in [0, 0.1) is 5.92 Å². The first-order valence-corrected chi connectivity index (χ1v) is 8.02. The molecule has 2 rings (SSSR count). The molecule has 0 radical (unpaired) electrons. The molecule has 1 fully saturated rings. The van der Waals surface area contributed by atoms with Crippen molar-refractivity contribution in [3.05, 3.63) is 35.9 Å². The fourth-order valence-electron chi connectivity index (χ4n) is 3.34. The van der Waals surface area contributed by atoms with Gasteiger partial charge in [-0.3, -0.25) is 0 Å². The van der Waals surface area contributed by atoms with Crippen LogP contribution >= 0.6 is 0 Å². The van der Waals surface area contributed by atoms with E-state index in [1.54, 1.807) is 0 Å². The van der Waals surface area contributed by atoms with Crippen LogP contribution in [0.4, 0.5) is 0 Å². The van der Waals surface area contributed by atoms with E-state index in [1.165, 1.54) is 18.4 Å². The number of benzene rings is 1. The highest BCUT2D eigenvalue weighted by atomic mass is 16.5. The monoisotopic (exact) mass is 275 g/mol. The molecule has 1 saturated carbocycles. The topological polar surface area (TPSA) is 21.3 Å². The van der Waals surface area contributed by atoms with Crippen LogP contribution in [0.1, 0.15) is 52.0 Å². The van der Waals surface area contributed by atoms with Gasteiger partial charge in [0.05, 0.1) is 5.60 Å². The van der Waals surface area contributed by atoms with E-state index < -0.39 is 0 Å². The third-order valence-corrected chi connectivity index (χ3v) is 4.38. The van der Waals surface area contributed by atoms with Gasteiger partial charge in [-0.2, -0.15) is 0 Å². The summed E-state index contributed by atoms with van der Waals surface area (Å²) in [6, 6.07) is 11.3. The van der Waals surface area contributed by atoms with E-state index >= 15 is 0 Å². The molecule has 0 amide bonds. The van der Waals surface area contributed by atoms with Crippen LogP contribution in [0.5, 0.6) is 0 Å². The first-order chi connectivity index (χ1) is 9.60. The van der Waals surface area contributed by atoms with Gasteiger partial charge in [-0.1, -0.05) is 37.3 Å². The Hall–Kier alpha value is -0.860. The van der Waals surface area contributed by atoms with E-state index in [9.17, 15) is 0 Å². The molecule has 2 nitrogen and oxygen atoms in total. The first-order valence-electron chi connectivity index (χ1n) is 8.02. The molecule has 0 saturated heterocycles. The van der Waals surface area contributed by atoms with E-state index in [-0.39, 0.29) is 5.60 Å². The largest absolute Gasteiger partial charge is 0.374 e. The smallest absolute Gasteiger partial charge is 0.0781 e. The summed E-state index contributed by atoms with van der Waals surface area (Å²) < 4.78 is 6.01. The minimum absolute atomic E-state index is 0.0991. The van der Waals surface area contributed by atoms with Crippen LogP contribution in [0.2, 0.25) is 0 Å². The SMILES string of the molecule is CCCNC(C1CC1c1ccccc1)C(C)(C)OCC. The van der Waals surface area contributed by atoms with Gasteiger partial charge in [0.15, 0.2) is 0 Å². The summed E-state index contributed by atoms with van der Waals surface area (Å²) in [4.78, 5) is 0. The molecule has 20 heavy (non-hydrogen) atoms. The second kappa shape index (κ2) is 6.73. The molecule has 1 N–H and O–H groups in total. The normalized spacial score (nSPS) is 23.6. The lowest BCUT2D eigenvalue weighted by molar-refractivity contribution is -0.0440. The van der Waals surface area contributed by atoms with E-state index in [4.69, 9.17) is 4.74 Å². The molecule has 3 atom stereocenters. The average Bonchev–Trinajstić information content (AvgIpc) is 3.20. The van der Waals surface area contributed by atoms with Gasteiger partial charge in [-0.05, 0) is 57.6 Å². The molecule has 0 heterocycles. The molecule has 0 aliphatic heterocycles. The highest BCUT2D eigenvalue weighted by Gasteiger charge is 2.49. The van der Waals surface area contributed by atoms with E-state index in [2.05, 4.69) is 63.3 Å². The number of ether oxygens (including phenoxy) is 1. The quantitative estimate of drug-likeness (QED) is 0.775. The molecule has 1 aromatic carbocycles. The molecule has 1 aromatic rings. The lowest BCUT2D eigenvalue weighted by Gasteiger charge is -2.35. The predicted molar refractivity (Wildman–Crippen MR) is 85.1 cm³/mol. The van der Waals surface area contributed by atoms with Gasteiger partial charge in [-0.15, -0.1) is 0 Å².